The van der Waals surface area contributed by atoms with E-state index >= 15 is 0 Å². The molecule has 0 saturated carbocycles. The average Bonchev–Trinajstić information content (AvgIpc) is 2.80. The van der Waals surface area contributed by atoms with Gasteiger partial charge in [0, 0.05) is 37.0 Å². The number of nitrogens with zero attached hydrogens (tertiary/aromatic N) is 2. The Hall–Kier alpha value is -3.76. The predicted octanol–water partition coefficient (Wildman–Crippen LogP) is 1.37. The number of nitrogens with one attached hydrogen (secondary N) is 3. The molecule has 3 rings (SSSR count). The van der Waals surface area contributed by atoms with Crippen LogP contribution >= 0.6 is 0 Å². The number of aliphatic carboxylic acids is 2. The molecule has 1 amide bonds. The topological polar surface area (TPSA) is 144 Å². The molecule has 2 aromatic carbocycles. The Labute approximate surface area is 197 Å². The van der Waals surface area contributed by atoms with Crippen molar-refractivity contribution in [1.29, 1.82) is 0 Å². The van der Waals surface area contributed by atoms with Crippen LogP contribution in [0.3, 0.4) is 0 Å². The van der Waals surface area contributed by atoms with Crippen LogP contribution in [0.25, 0.3) is 21.8 Å². The molecule has 0 fully saturated rings. The fourth-order valence-corrected chi connectivity index (χ4v) is 3.66. The number of anilines is 1. The highest BCUT2D eigenvalue weighted by atomic mass is 16.4. The van der Waals surface area contributed by atoms with Gasteiger partial charge in [0.05, 0.1) is 36.4 Å². The monoisotopic (exact) mass is 467 g/mol. The molecule has 0 saturated heterocycles. The van der Waals surface area contributed by atoms with Crippen molar-refractivity contribution in [2.24, 2.45) is 0 Å². The highest BCUT2D eigenvalue weighted by Gasteiger charge is 2.14. The highest BCUT2D eigenvalue weighted by molar-refractivity contribution is 6.07. The standard InChI is InChI=1S/C24H29N5O5/c30-21(15-29(16-23(33)34)13-12-25-14-22(31)32)26-10-5-11-27-24-17-6-1-3-8-19(17)28-20-9-4-2-7-18(20)24/h1-4,6-9,25H,5,10-16H2,(H,26,30)(H,27,28)(H,31,32)(H,33,34). The number of amides is 1. The van der Waals surface area contributed by atoms with Crippen molar-refractivity contribution in [1.82, 2.24) is 20.5 Å². The van der Waals surface area contributed by atoms with Crippen LogP contribution < -0.4 is 16.0 Å². The van der Waals surface area contributed by atoms with Crippen LogP contribution in [-0.2, 0) is 14.4 Å². The molecule has 34 heavy (non-hydrogen) atoms. The summed E-state index contributed by atoms with van der Waals surface area (Å²) >= 11 is 0. The van der Waals surface area contributed by atoms with E-state index in [2.05, 4.69) is 16.0 Å². The number of carboxylic acid groups (broad SMARTS) is 2. The van der Waals surface area contributed by atoms with Crippen LogP contribution in [0.2, 0.25) is 0 Å². The average molecular weight is 468 g/mol. The smallest absolute Gasteiger partial charge is 0.317 e. The lowest BCUT2D eigenvalue weighted by molar-refractivity contribution is -0.139. The summed E-state index contributed by atoms with van der Waals surface area (Å²) in [6.45, 7) is 0.991. The van der Waals surface area contributed by atoms with E-state index in [4.69, 9.17) is 15.2 Å². The van der Waals surface area contributed by atoms with Crippen LogP contribution in [0, 0.1) is 0 Å². The zero-order chi connectivity index (χ0) is 24.3. The first-order chi connectivity index (χ1) is 16.4. The minimum Gasteiger partial charge on any atom is -0.480 e. The summed E-state index contributed by atoms with van der Waals surface area (Å²) in [5.41, 5.74) is 2.83. The van der Waals surface area contributed by atoms with E-state index in [1.54, 1.807) is 0 Å². The van der Waals surface area contributed by atoms with Crippen molar-refractivity contribution in [2.45, 2.75) is 6.42 Å². The molecule has 0 bridgehead atoms. The summed E-state index contributed by atoms with van der Waals surface area (Å²) in [5, 5.41) is 28.7. The van der Waals surface area contributed by atoms with Crippen LogP contribution in [0.5, 0.6) is 0 Å². The number of carbonyl (C=O) groups excluding carboxylic acids is 1. The fraction of sp³-hybridized carbons (Fsp3) is 0.333. The lowest BCUT2D eigenvalue weighted by Gasteiger charge is -2.20. The maximum atomic E-state index is 12.3. The van der Waals surface area contributed by atoms with Crippen molar-refractivity contribution in [3.63, 3.8) is 0 Å². The molecule has 3 aromatic rings. The number of rotatable bonds is 14. The van der Waals surface area contributed by atoms with Gasteiger partial charge in [0.15, 0.2) is 0 Å². The van der Waals surface area contributed by atoms with Gasteiger partial charge in [-0.15, -0.1) is 0 Å². The summed E-state index contributed by atoms with van der Waals surface area (Å²) < 4.78 is 0. The number of hydrogen-bond donors (Lipinski definition) is 5. The van der Waals surface area contributed by atoms with Gasteiger partial charge in [0.2, 0.25) is 5.91 Å². The number of benzene rings is 2. The van der Waals surface area contributed by atoms with Crippen molar-refractivity contribution >= 4 is 45.3 Å². The molecule has 1 aromatic heterocycles. The molecule has 0 aliphatic rings. The minimum absolute atomic E-state index is 0.0753. The third-order valence-electron chi connectivity index (χ3n) is 5.17. The lowest BCUT2D eigenvalue weighted by Crippen LogP contribution is -2.43. The van der Waals surface area contributed by atoms with Gasteiger partial charge >= 0.3 is 11.9 Å². The molecular formula is C24H29N5O5. The number of aromatic nitrogens is 1. The minimum atomic E-state index is -1.05. The lowest BCUT2D eigenvalue weighted by atomic mass is 10.1. The molecular weight excluding hydrogens is 438 g/mol. The Balaban J connectivity index is 1.48. The quantitative estimate of drug-likeness (QED) is 0.175. The molecule has 0 aliphatic heterocycles. The SMILES string of the molecule is O=C(O)CNCCN(CC(=O)O)CC(=O)NCCCNc1c2ccccc2nc2ccccc12. The third kappa shape index (κ3) is 7.39. The predicted molar refractivity (Wildman–Crippen MR) is 130 cm³/mol. The Morgan fingerprint density at radius 1 is 0.824 bits per heavy atom. The summed E-state index contributed by atoms with van der Waals surface area (Å²) in [5.74, 6) is -2.32. The van der Waals surface area contributed by atoms with E-state index in [9.17, 15) is 14.4 Å². The van der Waals surface area contributed by atoms with Crippen molar-refractivity contribution in [3.05, 3.63) is 48.5 Å². The summed E-state index contributed by atoms with van der Waals surface area (Å²) in [7, 11) is 0. The van der Waals surface area contributed by atoms with Gasteiger partial charge in [-0.2, -0.15) is 0 Å². The summed E-state index contributed by atoms with van der Waals surface area (Å²) in [4.78, 5) is 40.0. The number of pyridine rings is 1. The van der Waals surface area contributed by atoms with Crippen LogP contribution in [0.4, 0.5) is 5.69 Å². The first-order valence-corrected chi connectivity index (χ1v) is 11.1. The largest absolute Gasteiger partial charge is 0.480 e. The molecule has 180 valence electrons. The van der Waals surface area contributed by atoms with Crippen molar-refractivity contribution < 1.29 is 24.6 Å². The molecule has 5 N–H and O–H groups in total. The third-order valence-corrected chi connectivity index (χ3v) is 5.17. The summed E-state index contributed by atoms with van der Waals surface area (Å²) in [6, 6.07) is 15.9. The number of para-hydroxylation sites is 2. The van der Waals surface area contributed by atoms with Crippen molar-refractivity contribution in [3.8, 4) is 0 Å². The van der Waals surface area contributed by atoms with Crippen LogP contribution in [-0.4, -0.2) is 83.8 Å². The van der Waals surface area contributed by atoms with Crippen LogP contribution in [0.15, 0.2) is 48.5 Å². The van der Waals surface area contributed by atoms with Gasteiger partial charge in [0.1, 0.15) is 0 Å². The summed E-state index contributed by atoms with van der Waals surface area (Å²) in [6.07, 6.45) is 0.676. The molecule has 0 spiro atoms. The Morgan fingerprint density at radius 3 is 2.09 bits per heavy atom. The van der Waals surface area contributed by atoms with E-state index in [0.29, 0.717) is 19.5 Å². The Bertz CT molecular complexity index is 1100. The van der Waals surface area contributed by atoms with Gasteiger partial charge < -0.3 is 26.2 Å². The number of carboxylic acids is 2. The molecule has 0 atom stereocenters. The highest BCUT2D eigenvalue weighted by Crippen LogP contribution is 2.30. The second-order valence-corrected chi connectivity index (χ2v) is 7.83. The van der Waals surface area contributed by atoms with Crippen molar-refractivity contribution in [2.75, 3.05) is 51.1 Å². The Kier molecular flexibility index (Phi) is 9.12. The maximum Gasteiger partial charge on any atom is 0.317 e. The zero-order valence-corrected chi connectivity index (χ0v) is 18.8. The number of fused-ring (bicyclic) bond motifs is 2. The van der Waals surface area contributed by atoms with Crippen LogP contribution in [0.1, 0.15) is 6.42 Å². The van der Waals surface area contributed by atoms with Gasteiger partial charge in [-0.3, -0.25) is 19.3 Å². The molecule has 10 nitrogen and oxygen atoms in total. The van der Waals surface area contributed by atoms with Gasteiger partial charge in [-0.1, -0.05) is 36.4 Å². The molecule has 0 radical (unpaired) electrons. The van der Waals surface area contributed by atoms with E-state index in [1.165, 1.54) is 4.90 Å². The Morgan fingerprint density at radius 2 is 1.47 bits per heavy atom. The second-order valence-electron chi connectivity index (χ2n) is 7.83. The number of hydrogen-bond acceptors (Lipinski definition) is 7. The maximum absolute atomic E-state index is 12.3. The fourth-order valence-electron chi connectivity index (χ4n) is 3.66. The number of carbonyl (C=O) groups is 3. The molecule has 10 heteroatoms. The second kappa shape index (κ2) is 12.5. The van der Waals surface area contributed by atoms with E-state index in [1.807, 2.05) is 48.5 Å². The first kappa shape index (κ1) is 24.9. The normalized spacial score (nSPS) is 11.1. The van der Waals surface area contributed by atoms with Gasteiger partial charge in [0.25, 0.3) is 0 Å². The molecule has 0 aliphatic carbocycles. The van der Waals surface area contributed by atoms with Gasteiger partial charge in [-0.25, -0.2) is 4.98 Å². The van der Waals surface area contributed by atoms with Gasteiger partial charge in [-0.05, 0) is 18.6 Å². The van der Waals surface area contributed by atoms with E-state index in [-0.39, 0.29) is 38.6 Å². The molecule has 0 unspecified atom stereocenters. The van der Waals surface area contributed by atoms with E-state index in [0.717, 1.165) is 27.5 Å². The molecule has 1 heterocycles. The van der Waals surface area contributed by atoms with E-state index < -0.39 is 11.9 Å². The first-order valence-electron chi connectivity index (χ1n) is 11.1. The zero-order valence-electron chi connectivity index (χ0n) is 18.8.